The van der Waals surface area contributed by atoms with Crippen LogP contribution in [0.5, 0.6) is 0 Å². The third-order valence-electron chi connectivity index (χ3n) is 2.66. The molecule has 0 saturated carbocycles. The van der Waals surface area contributed by atoms with E-state index in [0.717, 1.165) is 0 Å². The molecule has 0 heterocycles. The van der Waals surface area contributed by atoms with E-state index in [2.05, 4.69) is 0 Å². The number of hydrogen-bond donors (Lipinski definition) is 3. The largest absolute Gasteiger partial charge is 0.479 e. The van der Waals surface area contributed by atoms with E-state index < -0.39 is 12.1 Å². The van der Waals surface area contributed by atoms with Crippen molar-refractivity contribution in [2.45, 2.75) is 25.9 Å². The molecule has 1 atom stereocenters. The Morgan fingerprint density at radius 1 is 1.42 bits per heavy atom. The number of rotatable bonds is 6. The van der Waals surface area contributed by atoms with Gasteiger partial charge in [0.05, 0.1) is 6.61 Å². The highest BCUT2D eigenvalue weighted by atomic mass is 16.5. The van der Waals surface area contributed by atoms with Gasteiger partial charge in [-0.3, -0.25) is 4.79 Å². The molecule has 4 N–H and O–H groups in total. The summed E-state index contributed by atoms with van der Waals surface area (Å²) in [5.41, 5.74) is 6.75. The monoisotopic (exact) mass is 267 g/mol. The Hall–Kier alpha value is -2.08. The highest BCUT2D eigenvalue weighted by Crippen LogP contribution is 2.25. The molecule has 19 heavy (non-hydrogen) atoms. The Labute approximate surface area is 110 Å². The molecular weight excluding hydrogens is 250 g/mol. The SMILES string of the molecule is CCOC(=O)CCc1cccc(C(O)C(=O)O)c1N. The third-order valence-corrected chi connectivity index (χ3v) is 2.66. The molecule has 0 radical (unpaired) electrons. The van der Waals surface area contributed by atoms with Crippen molar-refractivity contribution in [2.24, 2.45) is 0 Å². The minimum Gasteiger partial charge on any atom is -0.479 e. The molecule has 0 aliphatic carbocycles. The molecule has 6 nitrogen and oxygen atoms in total. The number of ether oxygens (including phenoxy) is 1. The predicted octanol–water partition coefficient (Wildman–Crippen LogP) is 0.883. The molecule has 104 valence electrons. The fourth-order valence-electron chi connectivity index (χ4n) is 1.69. The van der Waals surface area contributed by atoms with Gasteiger partial charge in [-0.2, -0.15) is 0 Å². The van der Waals surface area contributed by atoms with E-state index in [1.165, 1.54) is 6.07 Å². The first-order valence-electron chi connectivity index (χ1n) is 5.91. The zero-order valence-electron chi connectivity index (χ0n) is 10.6. The summed E-state index contributed by atoms with van der Waals surface area (Å²) in [5.74, 6) is -1.71. The maximum atomic E-state index is 11.2. The van der Waals surface area contributed by atoms with Crippen molar-refractivity contribution >= 4 is 17.6 Å². The Bertz CT molecular complexity index is 472. The number of carbonyl (C=O) groups is 2. The highest BCUT2D eigenvalue weighted by molar-refractivity contribution is 5.77. The van der Waals surface area contributed by atoms with Gasteiger partial charge >= 0.3 is 11.9 Å². The Kier molecular flexibility index (Phi) is 5.32. The summed E-state index contributed by atoms with van der Waals surface area (Å²) in [6.07, 6.45) is -1.17. The fraction of sp³-hybridized carbons (Fsp3) is 0.385. The number of carboxylic acids is 1. The molecule has 0 spiro atoms. The first kappa shape index (κ1) is 15.0. The van der Waals surface area contributed by atoms with Crippen molar-refractivity contribution < 1.29 is 24.5 Å². The first-order valence-corrected chi connectivity index (χ1v) is 5.91. The lowest BCUT2D eigenvalue weighted by Crippen LogP contribution is -2.14. The van der Waals surface area contributed by atoms with Gasteiger partial charge in [-0.05, 0) is 18.9 Å². The number of anilines is 1. The normalized spacial score (nSPS) is 11.9. The van der Waals surface area contributed by atoms with Gasteiger partial charge in [-0.1, -0.05) is 18.2 Å². The number of hydrogen-bond acceptors (Lipinski definition) is 5. The minimum atomic E-state index is -1.66. The van der Waals surface area contributed by atoms with Crippen LogP contribution in [0.1, 0.15) is 30.6 Å². The second-order valence-electron chi connectivity index (χ2n) is 3.97. The molecule has 0 aliphatic rings. The number of esters is 1. The van der Waals surface area contributed by atoms with Crippen LogP contribution in [0.4, 0.5) is 5.69 Å². The third kappa shape index (κ3) is 3.96. The van der Waals surface area contributed by atoms with Crippen LogP contribution in [0, 0.1) is 0 Å². The van der Waals surface area contributed by atoms with Crippen LogP contribution in [-0.2, 0) is 20.7 Å². The van der Waals surface area contributed by atoms with Gasteiger partial charge in [0.15, 0.2) is 6.10 Å². The van der Waals surface area contributed by atoms with Crippen molar-refractivity contribution in [2.75, 3.05) is 12.3 Å². The number of aliphatic hydroxyl groups is 1. The maximum Gasteiger partial charge on any atom is 0.337 e. The highest BCUT2D eigenvalue weighted by Gasteiger charge is 2.20. The summed E-state index contributed by atoms with van der Waals surface area (Å²) in [7, 11) is 0. The maximum absolute atomic E-state index is 11.2. The van der Waals surface area contributed by atoms with E-state index in [1.54, 1.807) is 19.1 Å². The van der Waals surface area contributed by atoms with Gasteiger partial charge in [0.1, 0.15) is 0 Å². The number of aryl methyl sites for hydroxylation is 1. The number of nitrogen functional groups attached to an aromatic ring is 1. The standard InChI is InChI=1S/C13H17NO5/c1-2-19-10(15)7-6-8-4-3-5-9(11(8)14)12(16)13(17)18/h3-5,12,16H,2,6-7,14H2,1H3,(H,17,18). The lowest BCUT2D eigenvalue weighted by molar-refractivity contribution is -0.147. The lowest BCUT2D eigenvalue weighted by Gasteiger charge is -2.13. The number of para-hydroxylation sites is 1. The molecular formula is C13H17NO5. The lowest BCUT2D eigenvalue weighted by atomic mass is 10.00. The smallest absolute Gasteiger partial charge is 0.337 e. The second kappa shape index (κ2) is 6.75. The average molecular weight is 267 g/mol. The fourth-order valence-corrected chi connectivity index (χ4v) is 1.69. The van der Waals surface area contributed by atoms with Gasteiger partial charge < -0.3 is 20.7 Å². The van der Waals surface area contributed by atoms with Crippen LogP contribution in [-0.4, -0.2) is 28.8 Å². The van der Waals surface area contributed by atoms with Crippen molar-refractivity contribution in [3.63, 3.8) is 0 Å². The van der Waals surface area contributed by atoms with E-state index in [9.17, 15) is 14.7 Å². The zero-order chi connectivity index (χ0) is 14.4. The van der Waals surface area contributed by atoms with Crippen LogP contribution in [0.25, 0.3) is 0 Å². The summed E-state index contributed by atoms with van der Waals surface area (Å²) in [6.45, 7) is 2.03. The molecule has 0 bridgehead atoms. The molecule has 0 aliphatic heterocycles. The quantitative estimate of drug-likeness (QED) is 0.521. The van der Waals surface area contributed by atoms with Crippen LogP contribution >= 0.6 is 0 Å². The molecule has 1 unspecified atom stereocenters. The number of nitrogens with two attached hydrogens (primary N) is 1. The van der Waals surface area contributed by atoms with Crippen LogP contribution < -0.4 is 5.73 Å². The summed E-state index contributed by atoms with van der Waals surface area (Å²) < 4.78 is 4.80. The van der Waals surface area contributed by atoms with Gasteiger partial charge in [-0.15, -0.1) is 0 Å². The Morgan fingerprint density at radius 3 is 2.68 bits per heavy atom. The Balaban J connectivity index is 2.83. The first-order chi connectivity index (χ1) is 8.97. The van der Waals surface area contributed by atoms with Crippen LogP contribution in [0.15, 0.2) is 18.2 Å². The number of benzene rings is 1. The molecule has 0 amide bonds. The molecule has 0 aromatic heterocycles. The van der Waals surface area contributed by atoms with Gasteiger partial charge in [0.2, 0.25) is 0 Å². The van der Waals surface area contributed by atoms with E-state index in [1.807, 2.05) is 0 Å². The topological polar surface area (TPSA) is 110 Å². The predicted molar refractivity (Wildman–Crippen MR) is 68.4 cm³/mol. The number of aliphatic carboxylic acids is 1. The second-order valence-corrected chi connectivity index (χ2v) is 3.97. The molecule has 1 aromatic rings. The van der Waals surface area contributed by atoms with Crippen molar-refractivity contribution in [3.05, 3.63) is 29.3 Å². The van der Waals surface area contributed by atoms with Crippen LogP contribution in [0.2, 0.25) is 0 Å². The van der Waals surface area contributed by atoms with E-state index in [-0.39, 0.29) is 23.6 Å². The van der Waals surface area contributed by atoms with Gasteiger partial charge in [-0.25, -0.2) is 4.79 Å². The van der Waals surface area contributed by atoms with Crippen molar-refractivity contribution in [1.29, 1.82) is 0 Å². The minimum absolute atomic E-state index is 0.133. The summed E-state index contributed by atoms with van der Waals surface area (Å²) >= 11 is 0. The van der Waals surface area contributed by atoms with Crippen molar-refractivity contribution in [3.8, 4) is 0 Å². The van der Waals surface area contributed by atoms with Gasteiger partial charge in [0.25, 0.3) is 0 Å². The Morgan fingerprint density at radius 2 is 2.11 bits per heavy atom. The van der Waals surface area contributed by atoms with E-state index >= 15 is 0 Å². The number of aliphatic hydroxyl groups excluding tert-OH is 1. The van der Waals surface area contributed by atoms with E-state index in [0.29, 0.717) is 18.6 Å². The van der Waals surface area contributed by atoms with E-state index in [4.69, 9.17) is 15.6 Å². The average Bonchev–Trinajstić information content (AvgIpc) is 2.37. The summed E-state index contributed by atoms with van der Waals surface area (Å²) in [4.78, 5) is 22.0. The molecule has 6 heteroatoms. The molecule has 0 saturated heterocycles. The number of carboxylic acid groups (broad SMARTS) is 1. The summed E-state index contributed by atoms with van der Waals surface area (Å²) in [6, 6.07) is 4.73. The number of carbonyl (C=O) groups excluding carboxylic acids is 1. The molecule has 1 aromatic carbocycles. The zero-order valence-corrected chi connectivity index (χ0v) is 10.6. The molecule has 0 fully saturated rings. The summed E-state index contributed by atoms with van der Waals surface area (Å²) in [5, 5.41) is 18.3. The molecule has 1 rings (SSSR count). The van der Waals surface area contributed by atoms with Crippen LogP contribution in [0.3, 0.4) is 0 Å². The van der Waals surface area contributed by atoms with Crippen molar-refractivity contribution in [1.82, 2.24) is 0 Å². The van der Waals surface area contributed by atoms with Gasteiger partial charge in [0, 0.05) is 17.7 Å².